The SMILES string of the molecule is [Sn][C]1=C[Si]c2ccccc21. The zero-order chi connectivity index (χ0) is 6.97. The molecule has 0 spiro atoms. The predicted octanol–water partition coefficient (Wildman–Crippen LogP) is 0.497. The molecule has 0 saturated heterocycles. The Balaban J connectivity index is 2.61. The summed E-state index contributed by atoms with van der Waals surface area (Å²) in [6.45, 7) is 0. The fourth-order valence-corrected chi connectivity index (χ4v) is 3.69. The third kappa shape index (κ3) is 0.973. The quantitative estimate of drug-likeness (QED) is 0.586. The van der Waals surface area contributed by atoms with Gasteiger partial charge >= 0.3 is 76.3 Å². The van der Waals surface area contributed by atoms with E-state index in [0.717, 1.165) is 9.52 Å². The Morgan fingerprint density at radius 2 is 2.00 bits per heavy atom. The molecule has 1 aliphatic rings. The molecule has 0 nitrogen and oxygen atoms in total. The summed E-state index contributed by atoms with van der Waals surface area (Å²) in [5.41, 5.74) is 3.84. The zero-order valence-electron chi connectivity index (χ0n) is 5.39. The first kappa shape index (κ1) is 6.67. The van der Waals surface area contributed by atoms with Gasteiger partial charge < -0.3 is 0 Å². The minimum atomic E-state index is 0.921. The summed E-state index contributed by atoms with van der Waals surface area (Å²) in [6, 6.07) is 8.68. The molecular formula is C8H5SiSn. The van der Waals surface area contributed by atoms with Crippen molar-refractivity contribution in [3.8, 4) is 0 Å². The van der Waals surface area contributed by atoms with Crippen LogP contribution < -0.4 is 5.19 Å². The molecule has 0 amide bonds. The second kappa shape index (κ2) is 2.55. The van der Waals surface area contributed by atoms with Gasteiger partial charge in [0.25, 0.3) is 0 Å². The molecule has 0 bridgehead atoms. The maximum absolute atomic E-state index is 2.35. The van der Waals surface area contributed by atoms with E-state index in [2.05, 4.69) is 30.0 Å². The summed E-state index contributed by atoms with van der Waals surface area (Å²) < 4.78 is 1.53. The molecule has 0 unspecified atom stereocenters. The van der Waals surface area contributed by atoms with E-state index in [1.165, 1.54) is 14.3 Å². The number of benzene rings is 1. The summed E-state index contributed by atoms with van der Waals surface area (Å²) in [5.74, 6) is 0. The van der Waals surface area contributed by atoms with E-state index >= 15 is 0 Å². The van der Waals surface area contributed by atoms with Crippen molar-refractivity contribution in [3.63, 3.8) is 0 Å². The first-order chi connectivity index (χ1) is 4.88. The van der Waals surface area contributed by atoms with Crippen LogP contribution in [0.2, 0.25) is 0 Å². The normalized spacial score (nSPS) is 14.7. The van der Waals surface area contributed by atoms with Gasteiger partial charge in [-0.15, -0.1) is 0 Å². The standard InChI is InChI=1S/C8H5Si.Sn/c1-2-4-8-7(3-1)5-6-9-8;/h1-4,6H;. The van der Waals surface area contributed by atoms with Gasteiger partial charge in [-0.2, -0.15) is 0 Å². The van der Waals surface area contributed by atoms with Crippen molar-refractivity contribution < 1.29 is 0 Å². The zero-order valence-corrected chi connectivity index (χ0v) is 9.24. The molecule has 5 radical (unpaired) electrons. The van der Waals surface area contributed by atoms with E-state index in [-0.39, 0.29) is 0 Å². The molecule has 0 aromatic heterocycles. The van der Waals surface area contributed by atoms with Gasteiger partial charge in [0.1, 0.15) is 0 Å². The van der Waals surface area contributed by atoms with Crippen molar-refractivity contribution in [2.75, 3.05) is 0 Å². The molecule has 0 atom stereocenters. The summed E-state index contributed by atoms with van der Waals surface area (Å²) in [7, 11) is 0.921. The van der Waals surface area contributed by atoms with Crippen LogP contribution in [0.25, 0.3) is 3.59 Å². The van der Waals surface area contributed by atoms with Crippen LogP contribution in [0.15, 0.2) is 30.0 Å². The Hall–Kier alpha value is -0.0244. The predicted molar refractivity (Wildman–Crippen MR) is 45.6 cm³/mol. The van der Waals surface area contributed by atoms with Gasteiger partial charge in [0, 0.05) is 0 Å². The first-order valence-electron chi connectivity index (χ1n) is 3.15. The molecule has 1 aromatic rings. The summed E-state index contributed by atoms with van der Waals surface area (Å²) in [6.07, 6.45) is 0. The van der Waals surface area contributed by atoms with Crippen molar-refractivity contribution in [3.05, 3.63) is 35.5 Å². The number of fused-ring (bicyclic) bond motifs is 1. The second-order valence-corrected chi connectivity index (χ2v) is 4.90. The second-order valence-electron chi connectivity index (χ2n) is 2.25. The van der Waals surface area contributed by atoms with Crippen LogP contribution in [-0.2, 0) is 0 Å². The minimum absolute atomic E-state index is 0.921. The molecule has 2 heteroatoms. The van der Waals surface area contributed by atoms with Gasteiger partial charge in [-0.1, -0.05) is 0 Å². The average Bonchev–Trinajstić information content (AvgIpc) is 2.34. The molecule has 0 saturated carbocycles. The van der Waals surface area contributed by atoms with Crippen LogP contribution in [0.3, 0.4) is 0 Å². The average molecular weight is 248 g/mol. The van der Waals surface area contributed by atoms with Gasteiger partial charge in [-0.3, -0.25) is 0 Å². The number of hydrogen-bond donors (Lipinski definition) is 0. The van der Waals surface area contributed by atoms with E-state index in [1.807, 2.05) is 0 Å². The van der Waals surface area contributed by atoms with Crippen LogP contribution in [0.1, 0.15) is 5.56 Å². The summed E-state index contributed by atoms with van der Waals surface area (Å²) in [5, 5.41) is 1.52. The molecule has 2 rings (SSSR count). The summed E-state index contributed by atoms with van der Waals surface area (Å²) in [4.78, 5) is 0. The summed E-state index contributed by atoms with van der Waals surface area (Å²) >= 11 is 1.54. The Labute approximate surface area is 76.2 Å². The topological polar surface area (TPSA) is 0 Å². The van der Waals surface area contributed by atoms with Crippen LogP contribution >= 0.6 is 0 Å². The number of hydrogen-bond acceptors (Lipinski definition) is 0. The Morgan fingerprint density at radius 1 is 1.20 bits per heavy atom. The molecule has 0 N–H and O–H groups in total. The molecule has 10 heavy (non-hydrogen) atoms. The van der Waals surface area contributed by atoms with Crippen LogP contribution in [-0.4, -0.2) is 32.0 Å². The van der Waals surface area contributed by atoms with Crippen LogP contribution in [0, 0.1) is 0 Å². The van der Waals surface area contributed by atoms with Crippen LogP contribution in [0.4, 0.5) is 0 Å². The van der Waals surface area contributed by atoms with Crippen molar-refractivity contribution in [2.24, 2.45) is 0 Å². The van der Waals surface area contributed by atoms with Gasteiger partial charge in [-0.25, -0.2) is 0 Å². The van der Waals surface area contributed by atoms with Crippen molar-refractivity contribution >= 4 is 40.8 Å². The maximum atomic E-state index is 2.35. The van der Waals surface area contributed by atoms with Gasteiger partial charge in [0.2, 0.25) is 0 Å². The Bertz CT molecular complexity index is 291. The molecule has 1 aliphatic heterocycles. The fraction of sp³-hybridized carbons (Fsp3) is 0. The Kier molecular flexibility index (Phi) is 1.70. The molecule has 1 heterocycles. The first-order valence-corrected chi connectivity index (χ1v) is 5.66. The Morgan fingerprint density at radius 3 is 2.80 bits per heavy atom. The van der Waals surface area contributed by atoms with E-state index in [0.29, 0.717) is 0 Å². The van der Waals surface area contributed by atoms with E-state index in [4.69, 9.17) is 0 Å². The molecule has 0 fully saturated rings. The van der Waals surface area contributed by atoms with Crippen molar-refractivity contribution in [2.45, 2.75) is 0 Å². The molecule has 1 aromatic carbocycles. The third-order valence-electron chi connectivity index (χ3n) is 1.59. The monoisotopic (exact) mass is 249 g/mol. The van der Waals surface area contributed by atoms with Gasteiger partial charge in [-0.05, 0) is 0 Å². The van der Waals surface area contributed by atoms with Gasteiger partial charge in [0.05, 0.1) is 0 Å². The van der Waals surface area contributed by atoms with E-state index in [1.54, 1.807) is 22.5 Å². The van der Waals surface area contributed by atoms with Crippen molar-refractivity contribution in [1.82, 2.24) is 0 Å². The number of rotatable bonds is 0. The molecule has 0 aliphatic carbocycles. The van der Waals surface area contributed by atoms with E-state index < -0.39 is 0 Å². The molecular weight excluding hydrogens is 243 g/mol. The van der Waals surface area contributed by atoms with Gasteiger partial charge in [0.15, 0.2) is 0 Å². The molecule has 45 valence electrons. The fourth-order valence-electron chi connectivity index (χ4n) is 1.07. The van der Waals surface area contributed by atoms with Crippen LogP contribution in [0.5, 0.6) is 0 Å². The van der Waals surface area contributed by atoms with Crippen molar-refractivity contribution in [1.29, 1.82) is 0 Å². The third-order valence-corrected chi connectivity index (χ3v) is 4.77. The van der Waals surface area contributed by atoms with E-state index in [9.17, 15) is 0 Å².